The van der Waals surface area contributed by atoms with Gasteiger partial charge in [-0.3, -0.25) is 0 Å². The highest BCUT2D eigenvalue weighted by Crippen LogP contribution is 2.12. The van der Waals surface area contributed by atoms with Gasteiger partial charge in [-0.05, 0) is 40.1 Å². The average Bonchev–Trinajstić information content (AvgIpc) is 2.74. The van der Waals surface area contributed by atoms with Gasteiger partial charge >= 0.3 is 0 Å². The van der Waals surface area contributed by atoms with Crippen LogP contribution in [0.15, 0.2) is 45.6 Å². The molecule has 15 heavy (non-hydrogen) atoms. The maximum atomic E-state index is 5.60. The van der Waals surface area contributed by atoms with Crippen molar-refractivity contribution in [3.05, 3.63) is 56.7 Å². The molecule has 0 fully saturated rings. The number of ether oxygens (including phenoxy) is 1. The second-order valence-electron chi connectivity index (χ2n) is 3.25. The Morgan fingerprint density at radius 2 is 1.73 bits per heavy atom. The van der Waals surface area contributed by atoms with Gasteiger partial charge in [0.2, 0.25) is 0 Å². The van der Waals surface area contributed by atoms with E-state index in [1.165, 1.54) is 11.1 Å². The van der Waals surface area contributed by atoms with Crippen LogP contribution in [0.3, 0.4) is 0 Å². The van der Waals surface area contributed by atoms with Crippen LogP contribution in [0.2, 0.25) is 0 Å². The van der Waals surface area contributed by atoms with E-state index in [2.05, 4.69) is 44.9 Å². The van der Waals surface area contributed by atoms with Gasteiger partial charge in [0.1, 0.15) is 0 Å². The molecule has 0 aliphatic rings. The number of rotatable bonds is 4. The Labute approximate surface area is 102 Å². The number of hydrogen-bond acceptors (Lipinski definition) is 2. The summed E-state index contributed by atoms with van der Waals surface area (Å²) in [7, 11) is 0. The van der Waals surface area contributed by atoms with Crippen LogP contribution in [0.1, 0.15) is 11.1 Å². The van der Waals surface area contributed by atoms with Gasteiger partial charge in [-0.15, -0.1) is 0 Å². The largest absolute Gasteiger partial charge is 0.372 e. The van der Waals surface area contributed by atoms with E-state index in [1.54, 1.807) is 11.3 Å². The molecule has 0 aliphatic heterocycles. The molecule has 0 radical (unpaired) electrons. The molecule has 2 rings (SSSR count). The van der Waals surface area contributed by atoms with Gasteiger partial charge in [0.05, 0.1) is 13.2 Å². The van der Waals surface area contributed by atoms with Crippen molar-refractivity contribution in [2.75, 3.05) is 0 Å². The molecule has 0 spiro atoms. The summed E-state index contributed by atoms with van der Waals surface area (Å²) in [5.41, 5.74) is 2.45. The fraction of sp³-hybridized carbons (Fsp3) is 0.167. The minimum Gasteiger partial charge on any atom is -0.372 e. The molecule has 1 aromatic heterocycles. The Hall–Kier alpha value is -0.640. The van der Waals surface area contributed by atoms with E-state index in [1.807, 2.05) is 12.1 Å². The van der Waals surface area contributed by atoms with Crippen LogP contribution in [0.25, 0.3) is 0 Å². The Bertz CT molecular complexity index is 394. The molecule has 1 aromatic carbocycles. The highest BCUT2D eigenvalue weighted by Gasteiger charge is 1.95. The van der Waals surface area contributed by atoms with Crippen molar-refractivity contribution < 1.29 is 4.74 Å². The van der Waals surface area contributed by atoms with Crippen molar-refractivity contribution in [2.24, 2.45) is 0 Å². The molecular weight excluding hydrogens is 272 g/mol. The Morgan fingerprint density at radius 3 is 2.40 bits per heavy atom. The van der Waals surface area contributed by atoms with Crippen molar-refractivity contribution in [3.8, 4) is 0 Å². The van der Waals surface area contributed by atoms with E-state index in [-0.39, 0.29) is 0 Å². The average molecular weight is 283 g/mol. The molecule has 0 saturated heterocycles. The van der Waals surface area contributed by atoms with Crippen LogP contribution in [0, 0.1) is 0 Å². The number of hydrogen-bond donors (Lipinski definition) is 0. The molecule has 78 valence electrons. The van der Waals surface area contributed by atoms with Crippen LogP contribution in [-0.4, -0.2) is 0 Å². The summed E-state index contributed by atoms with van der Waals surface area (Å²) in [5, 5.41) is 4.18. The zero-order chi connectivity index (χ0) is 10.5. The van der Waals surface area contributed by atoms with E-state index in [0.29, 0.717) is 13.2 Å². The quantitative estimate of drug-likeness (QED) is 0.816. The molecule has 0 N–H and O–H groups in total. The van der Waals surface area contributed by atoms with Crippen molar-refractivity contribution in [1.82, 2.24) is 0 Å². The topological polar surface area (TPSA) is 9.23 Å². The fourth-order valence-electron chi connectivity index (χ4n) is 1.24. The molecule has 0 bridgehead atoms. The Balaban J connectivity index is 1.81. The van der Waals surface area contributed by atoms with Gasteiger partial charge in [-0.1, -0.05) is 28.1 Å². The third-order valence-corrected chi connectivity index (χ3v) is 3.29. The predicted molar refractivity (Wildman–Crippen MR) is 67.0 cm³/mol. The van der Waals surface area contributed by atoms with Crippen LogP contribution in [0.5, 0.6) is 0 Å². The molecule has 1 heterocycles. The molecule has 0 saturated carbocycles. The lowest BCUT2D eigenvalue weighted by Gasteiger charge is -2.02. The van der Waals surface area contributed by atoms with Crippen LogP contribution in [0.4, 0.5) is 0 Å². The van der Waals surface area contributed by atoms with Gasteiger partial charge in [-0.25, -0.2) is 0 Å². The first-order valence-corrected chi connectivity index (χ1v) is 6.41. The summed E-state index contributed by atoms with van der Waals surface area (Å²) in [4.78, 5) is 0. The molecule has 0 aliphatic carbocycles. The highest BCUT2D eigenvalue weighted by molar-refractivity contribution is 9.10. The van der Waals surface area contributed by atoms with Crippen molar-refractivity contribution in [3.63, 3.8) is 0 Å². The minimum atomic E-state index is 0.670. The second-order valence-corrected chi connectivity index (χ2v) is 4.95. The summed E-state index contributed by atoms with van der Waals surface area (Å²) >= 11 is 5.11. The lowest BCUT2D eigenvalue weighted by atomic mass is 10.2. The van der Waals surface area contributed by atoms with Crippen LogP contribution >= 0.6 is 27.3 Å². The first-order valence-electron chi connectivity index (χ1n) is 4.68. The summed E-state index contributed by atoms with van der Waals surface area (Å²) in [6, 6.07) is 10.3. The van der Waals surface area contributed by atoms with Gasteiger partial charge in [0.25, 0.3) is 0 Å². The lowest BCUT2D eigenvalue weighted by molar-refractivity contribution is 0.107. The monoisotopic (exact) mass is 282 g/mol. The SMILES string of the molecule is Brc1ccc(COCc2ccsc2)cc1. The number of halogens is 1. The maximum Gasteiger partial charge on any atom is 0.0729 e. The smallest absolute Gasteiger partial charge is 0.0729 e. The number of thiophene rings is 1. The lowest BCUT2D eigenvalue weighted by Crippen LogP contribution is -1.92. The van der Waals surface area contributed by atoms with Crippen LogP contribution < -0.4 is 0 Å². The summed E-state index contributed by atoms with van der Waals surface area (Å²) in [6.45, 7) is 1.36. The van der Waals surface area contributed by atoms with E-state index in [0.717, 1.165) is 4.47 Å². The van der Waals surface area contributed by atoms with Crippen molar-refractivity contribution >= 4 is 27.3 Å². The zero-order valence-corrected chi connectivity index (χ0v) is 10.6. The molecule has 2 aromatic rings. The molecule has 0 amide bonds. The zero-order valence-electron chi connectivity index (χ0n) is 8.15. The van der Waals surface area contributed by atoms with E-state index >= 15 is 0 Å². The van der Waals surface area contributed by atoms with E-state index < -0.39 is 0 Å². The maximum absolute atomic E-state index is 5.60. The van der Waals surface area contributed by atoms with E-state index in [4.69, 9.17) is 4.74 Å². The Kier molecular flexibility index (Phi) is 3.94. The normalized spacial score (nSPS) is 10.5. The third-order valence-electron chi connectivity index (χ3n) is 2.03. The molecule has 0 atom stereocenters. The summed E-state index contributed by atoms with van der Waals surface area (Å²) < 4.78 is 6.70. The van der Waals surface area contributed by atoms with E-state index in [9.17, 15) is 0 Å². The second kappa shape index (κ2) is 5.45. The summed E-state index contributed by atoms with van der Waals surface area (Å²) in [5.74, 6) is 0. The third kappa shape index (κ3) is 3.45. The molecule has 0 unspecified atom stereocenters. The van der Waals surface area contributed by atoms with Crippen LogP contribution in [-0.2, 0) is 18.0 Å². The van der Waals surface area contributed by atoms with Gasteiger partial charge in [0, 0.05) is 4.47 Å². The predicted octanol–water partition coefficient (Wildman–Crippen LogP) is 4.23. The first kappa shape index (κ1) is 10.9. The summed E-state index contributed by atoms with van der Waals surface area (Å²) in [6.07, 6.45) is 0. The number of benzene rings is 1. The minimum absolute atomic E-state index is 0.670. The fourth-order valence-corrected chi connectivity index (χ4v) is 2.16. The standard InChI is InChI=1S/C12H11BrOS/c13-12-3-1-10(2-4-12)7-14-8-11-5-6-15-9-11/h1-6,9H,7-8H2. The van der Waals surface area contributed by atoms with Gasteiger partial charge in [0.15, 0.2) is 0 Å². The Morgan fingerprint density at radius 1 is 1.00 bits per heavy atom. The van der Waals surface area contributed by atoms with Crippen molar-refractivity contribution in [2.45, 2.75) is 13.2 Å². The molecule has 1 nitrogen and oxygen atoms in total. The van der Waals surface area contributed by atoms with Crippen molar-refractivity contribution in [1.29, 1.82) is 0 Å². The first-order chi connectivity index (χ1) is 7.34. The highest BCUT2D eigenvalue weighted by atomic mass is 79.9. The molecular formula is C12H11BrOS. The van der Waals surface area contributed by atoms with Gasteiger partial charge < -0.3 is 4.74 Å². The van der Waals surface area contributed by atoms with Gasteiger partial charge in [-0.2, -0.15) is 11.3 Å². The molecule has 3 heteroatoms.